The normalized spacial score (nSPS) is 9.74. The molecular formula is C13H16N2O4. The largest absolute Gasteiger partial charge is 0.481 e. The zero-order chi connectivity index (χ0) is 14.3. The van der Waals surface area contributed by atoms with Gasteiger partial charge >= 0.3 is 5.97 Å². The molecule has 1 aromatic rings. The summed E-state index contributed by atoms with van der Waals surface area (Å²) in [7, 11) is 1.47. The molecule has 0 fully saturated rings. The van der Waals surface area contributed by atoms with Crippen LogP contribution in [0.1, 0.15) is 12.8 Å². The lowest BCUT2D eigenvalue weighted by Crippen LogP contribution is -2.35. The van der Waals surface area contributed by atoms with E-state index in [-0.39, 0.29) is 31.2 Å². The summed E-state index contributed by atoms with van der Waals surface area (Å²) >= 11 is 0. The Labute approximate surface area is 111 Å². The molecule has 6 heteroatoms. The van der Waals surface area contributed by atoms with E-state index < -0.39 is 5.97 Å². The fourth-order valence-corrected chi connectivity index (χ4v) is 1.43. The highest BCUT2D eigenvalue weighted by Gasteiger charge is 2.14. The van der Waals surface area contributed by atoms with Crippen molar-refractivity contribution < 1.29 is 19.5 Å². The predicted octanol–water partition coefficient (Wildman–Crippen LogP) is 0.948. The molecule has 2 N–H and O–H groups in total. The van der Waals surface area contributed by atoms with Crippen LogP contribution >= 0.6 is 0 Å². The number of carboxylic acid groups (broad SMARTS) is 1. The highest BCUT2D eigenvalue weighted by Crippen LogP contribution is 2.05. The molecule has 0 aromatic heterocycles. The lowest BCUT2D eigenvalue weighted by Gasteiger charge is -2.16. The van der Waals surface area contributed by atoms with Crippen LogP contribution in [0, 0.1) is 0 Å². The van der Waals surface area contributed by atoms with Gasteiger partial charge in [0.1, 0.15) is 0 Å². The quantitative estimate of drug-likeness (QED) is 0.800. The number of benzene rings is 1. The number of carbonyl (C=O) groups is 3. The van der Waals surface area contributed by atoms with Crippen molar-refractivity contribution in [1.29, 1.82) is 0 Å². The van der Waals surface area contributed by atoms with Crippen molar-refractivity contribution in [2.75, 3.05) is 18.9 Å². The molecule has 0 spiro atoms. The summed E-state index contributed by atoms with van der Waals surface area (Å²) in [6.07, 6.45) is -0.339. The summed E-state index contributed by atoms with van der Waals surface area (Å²) in [6, 6.07) is 8.89. The minimum atomic E-state index is -1.03. The second-order valence-corrected chi connectivity index (χ2v) is 4.06. The van der Waals surface area contributed by atoms with Crippen molar-refractivity contribution in [3.05, 3.63) is 30.3 Å². The van der Waals surface area contributed by atoms with Crippen molar-refractivity contribution in [3.8, 4) is 0 Å². The van der Waals surface area contributed by atoms with Gasteiger partial charge in [0.15, 0.2) is 0 Å². The Kier molecular flexibility index (Phi) is 5.53. The third kappa shape index (κ3) is 5.67. The average Bonchev–Trinajstić information content (AvgIpc) is 2.36. The Hall–Kier alpha value is -2.37. The number of nitrogens with one attached hydrogen (secondary N) is 1. The fraction of sp³-hybridized carbons (Fsp3) is 0.308. The molecule has 0 aliphatic rings. The van der Waals surface area contributed by atoms with E-state index in [1.165, 1.54) is 11.9 Å². The first kappa shape index (κ1) is 14.7. The minimum absolute atomic E-state index is 0.104. The summed E-state index contributed by atoms with van der Waals surface area (Å²) in [5.41, 5.74) is 0.652. The first-order chi connectivity index (χ1) is 8.99. The monoisotopic (exact) mass is 264 g/mol. The SMILES string of the molecule is CN(CC(=O)Nc1ccccc1)C(=O)CCC(=O)O. The van der Waals surface area contributed by atoms with Crippen LogP contribution in [0.3, 0.4) is 0 Å². The first-order valence-electron chi connectivity index (χ1n) is 5.79. The molecule has 19 heavy (non-hydrogen) atoms. The average molecular weight is 264 g/mol. The summed E-state index contributed by atoms with van der Waals surface area (Å²) in [5.74, 6) is -1.72. The van der Waals surface area contributed by atoms with Crippen molar-refractivity contribution in [2.24, 2.45) is 0 Å². The van der Waals surface area contributed by atoms with Crippen LogP contribution in [0.5, 0.6) is 0 Å². The number of carbonyl (C=O) groups excluding carboxylic acids is 2. The third-order valence-corrected chi connectivity index (χ3v) is 2.42. The van der Waals surface area contributed by atoms with Crippen LogP contribution in [0.15, 0.2) is 30.3 Å². The number of nitrogens with zero attached hydrogens (tertiary/aromatic N) is 1. The molecule has 2 amide bonds. The van der Waals surface area contributed by atoms with Crippen LogP contribution in [0.25, 0.3) is 0 Å². The molecule has 0 unspecified atom stereocenters. The fourth-order valence-electron chi connectivity index (χ4n) is 1.43. The van der Waals surface area contributed by atoms with Crippen LogP contribution in [-0.4, -0.2) is 41.4 Å². The Morgan fingerprint density at radius 2 is 1.79 bits per heavy atom. The molecule has 1 aromatic carbocycles. The first-order valence-corrected chi connectivity index (χ1v) is 5.79. The van der Waals surface area contributed by atoms with Gasteiger partial charge in [-0.1, -0.05) is 18.2 Å². The van der Waals surface area contributed by atoms with Gasteiger partial charge in [0.25, 0.3) is 0 Å². The third-order valence-electron chi connectivity index (χ3n) is 2.42. The second kappa shape index (κ2) is 7.15. The number of carboxylic acids is 1. The van der Waals surface area contributed by atoms with E-state index in [0.717, 1.165) is 0 Å². The number of amides is 2. The number of para-hydroxylation sites is 1. The van der Waals surface area contributed by atoms with Crippen molar-refractivity contribution in [3.63, 3.8) is 0 Å². The van der Waals surface area contributed by atoms with Gasteiger partial charge in [-0.25, -0.2) is 0 Å². The van der Waals surface area contributed by atoms with E-state index in [0.29, 0.717) is 5.69 Å². The van der Waals surface area contributed by atoms with Crippen molar-refractivity contribution in [1.82, 2.24) is 4.90 Å². The van der Waals surface area contributed by atoms with Gasteiger partial charge in [0.2, 0.25) is 11.8 Å². The molecule has 0 radical (unpaired) electrons. The molecular weight excluding hydrogens is 248 g/mol. The van der Waals surface area contributed by atoms with E-state index >= 15 is 0 Å². The number of rotatable bonds is 6. The number of aliphatic carboxylic acids is 1. The topological polar surface area (TPSA) is 86.7 Å². The molecule has 0 heterocycles. The van der Waals surface area contributed by atoms with Crippen LogP contribution in [0.4, 0.5) is 5.69 Å². The molecule has 0 saturated heterocycles. The van der Waals surface area contributed by atoms with Gasteiger partial charge in [-0.3, -0.25) is 14.4 Å². The molecule has 0 saturated carbocycles. The molecule has 0 atom stereocenters. The van der Waals surface area contributed by atoms with E-state index in [2.05, 4.69) is 5.32 Å². The Morgan fingerprint density at radius 1 is 1.16 bits per heavy atom. The minimum Gasteiger partial charge on any atom is -0.481 e. The number of hydrogen-bond acceptors (Lipinski definition) is 3. The maximum Gasteiger partial charge on any atom is 0.303 e. The Bertz CT molecular complexity index is 459. The summed E-state index contributed by atoms with van der Waals surface area (Å²) in [6.45, 7) is -0.104. The van der Waals surface area contributed by atoms with Crippen molar-refractivity contribution in [2.45, 2.75) is 12.8 Å². The zero-order valence-electron chi connectivity index (χ0n) is 10.6. The van der Waals surface area contributed by atoms with E-state index in [1.54, 1.807) is 24.3 Å². The standard InChI is InChI=1S/C13H16N2O4/c1-15(12(17)7-8-13(18)19)9-11(16)14-10-5-3-2-4-6-10/h2-6H,7-9H2,1H3,(H,14,16)(H,18,19). The molecule has 102 valence electrons. The van der Waals surface area contributed by atoms with Gasteiger partial charge in [-0.05, 0) is 12.1 Å². The van der Waals surface area contributed by atoms with Gasteiger partial charge in [-0.2, -0.15) is 0 Å². The second-order valence-electron chi connectivity index (χ2n) is 4.06. The summed E-state index contributed by atoms with van der Waals surface area (Å²) in [5, 5.41) is 11.1. The van der Waals surface area contributed by atoms with Gasteiger partial charge in [-0.15, -0.1) is 0 Å². The lowest BCUT2D eigenvalue weighted by atomic mass is 10.3. The molecule has 0 aliphatic carbocycles. The van der Waals surface area contributed by atoms with Gasteiger partial charge in [0, 0.05) is 19.2 Å². The Balaban J connectivity index is 2.39. The van der Waals surface area contributed by atoms with E-state index in [9.17, 15) is 14.4 Å². The van der Waals surface area contributed by atoms with Crippen LogP contribution in [0.2, 0.25) is 0 Å². The maximum atomic E-state index is 11.6. The predicted molar refractivity (Wildman–Crippen MR) is 69.6 cm³/mol. The molecule has 6 nitrogen and oxygen atoms in total. The zero-order valence-corrected chi connectivity index (χ0v) is 10.6. The summed E-state index contributed by atoms with van der Waals surface area (Å²) < 4.78 is 0. The smallest absolute Gasteiger partial charge is 0.303 e. The van der Waals surface area contributed by atoms with E-state index in [1.807, 2.05) is 6.07 Å². The van der Waals surface area contributed by atoms with Crippen molar-refractivity contribution >= 4 is 23.5 Å². The van der Waals surface area contributed by atoms with Crippen LogP contribution < -0.4 is 5.32 Å². The summed E-state index contributed by atoms with van der Waals surface area (Å²) in [4.78, 5) is 34.7. The molecule has 1 rings (SSSR count). The molecule has 0 bridgehead atoms. The number of anilines is 1. The van der Waals surface area contributed by atoms with E-state index in [4.69, 9.17) is 5.11 Å². The van der Waals surface area contributed by atoms with Gasteiger partial charge in [0.05, 0.1) is 13.0 Å². The van der Waals surface area contributed by atoms with Crippen LogP contribution in [-0.2, 0) is 14.4 Å². The lowest BCUT2D eigenvalue weighted by molar-refractivity contribution is -0.140. The van der Waals surface area contributed by atoms with Gasteiger partial charge < -0.3 is 15.3 Å². The Morgan fingerprint density at radius 3 is 2.37 bits per heavy atom. The number of hydrogen-bond donors (Lipinski definition) is 2. The number of likely N-dealkylation sites (N-methyl/N-ethyl adjacent to an activating group) is 1. The molecule has 0 aliphatic heterocycles. The highest BCUT2D eigenvalue weighted by atomic mass is 16.4. The highest BCUT2D eigenvalue weighted by molar-refractivity contribution is 5.94. The maximum absolute atomic E-state index is 11.6.